The number of carbonyl (C=O) groups excluding carboxylic acids is 6. The number of nitrogens with one attached hydrogen (secondary N) is 6. The molecule has 15 N–H and O–H groups in total. The van der Waals surface area contributed by atoms with Gasteiger partial charge in [0.05, 0.1) is 215 Å². The van der Waals surface area contributed by atoms with Crippen molar-refractivity contribution < 1.29 is 190 Å². The third kappa shape index (κ3) is 45.5. The molecule has 5 amide bonds. The lowest BCUT2D eigenvalue weighted by Gasteiger charge is -2.36. The Bertz CT molecular complexity index is 4390. The van der Waals surface area contributed by atoms with Crippen molar-refractivity contribution in [3.63, 3.8) is 0 Å². The summed E-state index contributed by atoms with van der Waals surface area (Å²) in [6, 6.07) is 11.3. The predicted molar refractivity (Wildman–Crippen MR) is 472 cm³/mol. The van der Waals surface area contributed by atoms with Crippen molar-refractivity contribution in [2.75, 3.05) is 211 Å². The minimum Gasteiger partial charge on any atom is -0.508 e. The molecule has 1 aromatic heterocycles. The largest absolute Gasteiger partial charge is 0.508 e. The van der Waals surface area contributed by atoms with Gasteiger partial charge in [0.1, 0.15) is 40.8 Å². The molecular formula is C82H131N9O40P4. The van der Waals surface area contributed by atoms with Gasteiger partial charge in [-0.3, -0.25) is 70.1 Å². The maximum absolute atomic E-state index is 13.4. The molecule has 0 fully saturated rings. The van der Waals surface area contributed by atoms with Crippen LogP contribution in [0.4, 0.5) is 0 Å². The van der Waals surface area contributed by atoms with E-state index >= 15 is 0 Å². The van der Waals surface area contributed by atoms with Crippen LogP contribution in [0.2, 0.25) is 0 Å². The van der Waals surface area contributed by atoms with Crippen LogP contribution in [-0.4, -0.2) is 325 Å². The number of phenols is 2. The molecule has 53 heteroatoms. The lowest BCUT2D eigenvalue weighted by atomic mass is 9.77. The molecule has 3 heterocycles. The van der Waals surface area contributed by atoms with Crippen LogP contribution in [0.3, 0.4) is 0 Å². The number of aromatic hydroxyl groups is 2. The number of ether oxygens (including phenoxy) is 13. The van der Waals surface area contributed by atoms with E-state index in [9.17, 15) is 87.0 Å². The van der Waals surface area contributed by atoms with E-state index in [1.165, 1.54) is 41.9 Å². The number of phenolic OH excluding ortho intramolecular Hbond substituents is 2. The number of aliphatic hydroxyl groups excluding tert-OH is 2. The van der Waals surface area contributed by atoms with Crippen molar-refractivity contribution in [1.82, 2.24) is 47.1 Å². The molecule has 6 rings (SSSR count). The van der Waals surface area contributed by atoms with Gasteiger partial charge in [0, 0.05) is 79.1 Å². The zero-order chi connectivity index (χ0) is 98.6. The first-order chi connectivity index (χ1) is 64.5. The maximum atomic E-state index is 13.4. The summed E-state index contributed by atoms with van der Waals surface area (Å²) in [7, 11) is -18.3. The molecule has 8 unspecified atom stereocenters. The third-order valence-electron chi connectivity index (χ3n) is 19.2. The molecule has 2 aliphatic rings. The average molecular weight is 2010 g/mol. The van der Waals surface area contributed by atoms with Crippen molar-refractivity contribution in [3.8, 4) is 23.0 Å². The number of carbonyl (C=O) groups is 6. The van der Waals surface area contributed by atoms with Gasteiger partial charge in [0.25, 0.3) is 11.8 Å². The first kappa shape index (κ1) is 116. The summed E-state index contributed by atoms with van der Waals surface area (Å²) in [6.45, 7) is 14.1. The molecule has 2 aliphatic heterocycles. The van der Waals surface area contributed by atoms with Gasteiger partial charge in [0.2, 0.25) is 17.7 Å². The second kappa shape index (κ2) is 62.5. The van der Waals surface area contributed by atoms with Gasteiger partial charge < -0.3 is 128 Å². The van der Waals surface area contributed by atoms with E-state index < -0.39 is 122 Å². The minimum absolute atomic E-state index is 0.00582. The lowest BCUT2D eigenvalue weighted by Crippen LogP contribution is -2.56. The highest BCUT2D eigenvalue weighted by Gasteiger charge is 2.54. The fourth-order valence-electron chi connectivity index (χ4n) is 12.6. The van der Waals surface area contributed by atoms with Crippen molar-refractivity contribution in [3.05, 3.63) is 107 Å². The summed E-state index contributed by atoms with van der Waals surface area (Å²) in [5.41, 5.74) is 1.90. The highest BCUT2D eigenvalue weighted by molar-refractivity contribution is 7.48. The molecule has 0 radical (unpaired) electrons. The number of benzene rings is 3. The number of esters is 1. The smallest absolute Gasteiger partial charge is 0.474 e. The van der Waals surface area contributed by atoms with Gasteiger partial charge >= 0.3 is 37.3 Å². The SMILES string of the molecule is C=C(CCOCc1cn(CCCNC(=O)C(NC(=O)C(CC(C)C)C(O)C(=O)NO)C(C)(C)C)nn1)NCCC(=O)NC(CO)COP(=O)(O)OCCOCCOCCOCCOCCOCCOP(=O)(O)OCCOCCOCCOCCOCCOCCOP(=O)(O)OCOP(=O)(O)OCCCCCCNC(=O)c1ccc2c(c1)C1(OC2=O)c2ccc(O)cc2Oc2cc(O)ccc21. The number of amides is 5. The van der Waals surface area contributed by atoms with Gasteiger partial charge in [-0.15, -0.1) is 5.10 Å². The van der Waals surface area contributed by atoms with E-state index in [4.69, 9.17) is 93.9 Å². The molecular weight excluding hydrogens is 1870 g/mol. The van der Waals surface area contributed by atoms with Gasteiger partial charge in [0.15, 0.2) is 12.4 Å². The van der Waals surface area contributed by atoms with Gasteiger partial charge in [-0.25, -0.2) is 28.5 Å². The van der Waals surface area contributed by atoms with Crippen LogP contribution in [0.15, 0.2) is 73.1 Å². The van der Waals surface area contributed by atoms with Crippen LogP contribution in [0.25, 0.3) is 0 Å². The standard InChI is InChI=1S/C82H131N9O40P4/c1-59(2)50-67(74(96)78(99)89-102)77(98)87-75(81(4,5)6)79(100)85-21-11-23-91-54-62(88-90-91)56-121-25-19-60(3)83-22-18-73(95)86-63(55-92)57-127-133(105,106)125-48-44-119-40-36-115-32-28-111-26-30-113-34-38-117-42-46-123-132(103,104)124-47-43-118-39-35-114-31-27-112-29-33-116-37-41-120-45-49-126-135(109,110)129-58-128-134(107,108)122-24-10-8-7-9-20-84-76(97)61-12-15-66-70(51-61)82(131-80(66)101)68-16-13-64(93)52-71(68)130-72-53-65(94)14-17-69(72)82/h12-17,51-54,59,63,67,74-75,83,92-94,96,102H,3,7-11,18-50,55-58H2,1-2,4-6H3,(H,84,97)(H,85,100)(H,86,95)(H,87,98)(H,89,99)(H,103,104)(H,105,106)(H,107,108)(H,109,110). The predicted octanol–water partition coefficient (Wildman–Crippen LogP) is 4.35. The molecule has 764 valence electrons. The van der Waals surface area contributed by atoms with E-state index in [-0.39, 0.29) is 251 Å². The monoisotopic (exact) mass is 2010 g/mol. The molecule has 0 saturated heterocycles. The number of phosphoric acid groups is 4. The second-order valence-corrected chi connectivity index (χ2v) is 37.2. The number of phosphoric ester groups is 4. The molecule has 4 aromatic rings. The van der Waals surface area contributed by atoms with E-state index in [1.807, 2.05) is 0 Å². The van der Waals surface area contributed by atoms with Crippen molar-refractivity contribution in [1.29, 1.82) is 0 Å². The molecule has 1 spiro atoms. The first-order valence-corrected chi connectivity index (χ1v) is 49.7. The quantitative estimate of drug-likeness (QED) is 0.00729. The Kier molecular flexibility index (Phi) is 53.8. The number of hydrogen-bond acceptors (Lipinski definition) is 39. The summed E-state index contributed by atoms with van der Waals surface area (Å²) < 4.78 is 161. The molecule has 0 aliphatic carbocycles. The molecule has 3 aromatic carbocycles. The number of aliphatic hydroxyl groups is 2. The van der Waals surface area contributed by atoms with Crippen LogP contribution in [0.1, 0.15) is 129 Å². The van der Waals surface area contributed by atoms with Crippen LogP contribution in [0, 0.1) is 17.3 Å². The summed E-state index contributed by atoms with van der Waals surface area (Å²) in [4.78, 5) is 118. The van der Waals surface area contributed by atoms with Crippen molar-refractivity contribution in [2.45, 2.75) is 123 Å². The zero-order valence-electron chi connectivity index (χ0n) is 76.4. The Morgan fingerprint density at radius 1 is 0.519 bits per heavy atom. The number of unbranched alkanes of at least 4 members (excludes halogenated alkanes) is 3. The maximum Gasteiger partial charge on any atom is 0.474 e. The normalized spacial score (nSPS) is 15.4. The molecule has 0 bridgehead atoms. The number of aryl methyl sites for hydroxylation is 1. The number of hydroxylamine groups is 1. The lowest BCUT2D eigenvalue weighted by molar-refractivity contribution is -0.147. The topological polar surface area (TPSA) is 649 Å². The average Bonchev–Trinajstić information content (AvgIpc) is 1.57. The van der Waals surface area contributed by atoms with E-state index in [0.717, 1.165) is 0 Å². The summed E-state index contributed by atoms with van der Waals surface area (Å²) in [5.74, 6) is -4.92. The molecule has 49 nitrogen and oxygen atoms in total. The number of hydrogen-bond donors (Lipinski definition) is 15. The van der Waals surface area contributed by atoms with E-state index in [2.05, 4.69) is 52.5 Å². The number of aromatic nitrogens is 3. The Morgan fingerprint density at radius 2 is 0.985 bits per heavy atom. The third-order valence-corrected chi connectivity index (χ3v) is 23.1. The highest BCUT2D eigenvalue weighted by Crippen LogP contribution is 2.57. The Balaban J connectivity index is 0.620. The Labute approximate surface area is 781 Å². The van der Waals surface area contributed by atoms with Crippen LogP contribution in [-0.2, 0) is 149 Å². The number of nitrogens with zero attached hydrogens (tertiary/aromatic N) is 3. The van der Waals surface area contributed by atoms with E-state index in [0.29, 0.717) is 73.2 Å². The molecule has 135 heavy (non-hydrogen) atoms. The van der Waals surface area contributed by atoms with E-state index in [1.54, 1.807) is 63.7 Å². The second-order valence-electron chi connectivity index (χ2n) is 31.4. The Hall–Kier alpha value is -7.56. The van der Waals surface area contributed by atoms with Crippen molar-refractivity contribution >= 4 is 66.8 Å². The fraction of sp³-hybridized carbons (Fsp3) is 0.659. The number of rotatable bonds is 78. The van der Waals surface area contributed by atoms with Crippen LogP contribution >= 0.6 is 31.3 Å². The summed E-state index contributed by atoms with van der Waals surface area (Å²) in [5, 5.41) is 71.7. The van der Waals surface area contributed by atoms with Gasteiger partial charge in [-0.1, -0.05) is 59.3 Å². The van der Waals surface area contributed by atoms with Crippen LogP contribution in [0.5, 0.6) is 23.0 Å². The van der Waals surface area contributed by atoms with Gasteiger partial charge in [-0.05, 0) is 79.5 Å². The zero-order valence-corrected chi connectivity index (χ0v) is 80.0. The highest BCUT2D eigenvalue weighted by atomic mass is 31.2. The van der Waals surface area contributed by atoms with Gasteiger partial charge in [-0.2, -0.15) is 0 Å². The Morgan fingerprint density at radius 3 is 1.47 bits per heavy atom. The minimum atomic E-state index is -4.70. The molecule has 8 atom stereocenters. The van der Waals surface area contributed by atoms with Crippen LogP contribution < -0.4 is 36.8 Å². The fourth-order valence-corrected chi connectivity index (χ4v) is 15.3. The summed E-state index contributed by atoms with van der Waals surface area (Å²) >= 11 is 0. The number of fused-ring (bicyclic) bond motifs is 6. The summed E-state index contributed by atoms with van der Waals surface area (Å²) in [6.07, 6.45) is 2.84. The first-order valence-electron chi connectivity index (χ1n) is 43.7. The molecule has 0 saturated carbocycles. The van der Waals surface area contributed by atoms with Crippen molar-refractivity contribution in [2.24, 2.45) is 17.3 Å².